The summed E-state index contributed by atoms with van der Waals surface area (Å²) >= 11 is 0. The van der Waals surface area contributed by atoms with E-state index in [1.54, 1.807) is 0 Å². The Hall–Kier alpha value is -2.49. The highest BCUT2D eigenvalue weighted by molar-refractivity contribution is 5.97. The molecule has 4 heteroatoms. The summed E-state index contributed by atoms with van der Waals surface area (Å²) in [6.45, 7) is 4.40. The molecule has 2 rings (SSSR count). The molecular weight excluding hydrogens is 260 g/mol. The molecule has 0 spiro atoms. The summed E-state index contributed by atoms with van der Waals surface area (Å²) in [6, 6.07) is 18.2. The van der Waals surface area contributed by atoms with Gasteiger partial charge in [0.1, 0.15) is 5.84 Å². The molecule has 0 bridgehead atoms. The molecule has 21 heavy (non-hydrogen) atoms. The number of nitrogens with one attached hydrogen (secondary N) is 2. The number of hydrogen-bond acceptors (Lipinski definition) is 3. The minimum Gasteiger partial charge on any atom is -0.384 e. The molecule has 0 aliphatic carbocycles. The van der Waals surface area contributed by atoms with E-state index in [0.29, 0.717) is 12.4 Å². The van der Waals surface area contributed by atoms with Crippen LogP contribution in [0.15, 0.2) is 59.6 Å². The summed E-state index contributed by atoms with van der Waals surface area (Å²) in [7, 11) is 0. The lowest BCUT2D eigenvalue weighted by Gasteiger charge is -2.09. The van der Waals surface area contributed by atoms with Crippen molar-refractivity contribution in [2.24, 2.45) is 10.7 Å². The number of amidine groups is 1. The standard InChI is InChI=1S/C17H22N4/c1-2-19-17(18)14-8-10-16(11-9-14)21-13-12-20-15-6-4-3-5-7-15/h3-11,20-21H,2,12-13H2,1H3,(H2,18,19). The summed E-state index contributed by atoms with van der Waals surface area (Å²) in [5.74, 6) is 0.592. The van der Waals surface area contributed by atoms with Gasteiger partial charge in [0, 0.05) is 36.6 Å². The largest absolute Gasteiger partial charge is 0.384 e. The minimum atomic E-state index is 0.592. The van der Waals surface area contributed by atoms with E-state index in [1.165, 1.54) is 0 Å². The van der Waals surface area contributed by atoms with E-state index in [9.17, 15) is 0 Å². The number of rotatable bonds is 7. The van der Waals surface area contributed by atoms with Gasteiger partial charge in [-0.3, -0.25) is 4.99 Å². The molecule has 0 heterocycles. The molecule has 4 N–H and O–H groups in total. The molecule has 0 aliphatic rings. The van der Waals surface area contributed by atoms with E-state index in [1.807, 2.05) is 49.4 Å². The first-order valence-electron chi connectivity index (χ1n) is 7.22. The van der Waals surface area contributed by atoms with Gasteiger partial charge in [0.05, 0.1) is 0 Å². The third kappa shape index (κ3) is 4.84. The SMILES string of the molecule is CCN=C(N)c1ccc(NCCNc2ccccc2)cc1. The zero-order chi connectivity index (χ0) is 14.9. The Labute approximate surface area is 126 Å². The number of benzene rings is 2. The maximum atomic E-state index is 5.86. The number of para-hydroxylation sites is 1. The normalized spacial score (nSPS) is 11.2. The van der Waals surface area contributed by atoms with Crippen molar-refractivity contribution in [1.29, 1.82) is 0 Å². The smallest absolute Gasteiger partial charge is 0.125 e. The minimum absolute atomic E-state index is 0.592. The Kier molecular flexibility index (Phi) is 5.64. The van der Waals surface area contributed by atoms with Crippen molar-refractivity contribution < 1.29 is 0 Å². The topological polar surface area (TPSA) is 62.4 Å². The van der Waals surface area contributed by atoms with Crippen molar-refractivity contribution in [3.63, 3.8) is 0 Å². The van der Waals surface area contributed by atoms with E-state index in [-0.39, 0.29) is 0 Å². The first kappa shape index (κ1) is 14.9. The third-order valence-corrected chi connectivity index (χ3v) is 3.07. The van der Waals surface area contributed by atoms with Gasteiger partial charge >= 0.3 is 0 Å². The predicted molar refractivity (Wildman–Crippen MR) is 91.1 cm³/mol. The highest BCUT2D eigenvalue weighted by Gasteiger charge is 1.98. The van der Waals surface area contributed by atoms with Crippen LogP contribution < -0.4 is 16.4 Å². The summed E-state index contributed by atoms with van der Waals surface area (Å²) in [6.07, 6.45) is 0. The van der Waals surface area contributed by atoms with E-state index in [4.69, 9.17) is 5.73 Å². The molecule has 2 aromatic rings. The van der Waals surface area contributed by atoms with Crippen molar-refractivity contribution >= 4 is 17.2 Å². The molecular formula is C17H22N4. The van der Waals surface area contributed by atoms with E-state index in [0.717, 1.165) is 30.0 Å². The fourth-order valence-corrected chi connectivity index (χ4v) is 1.99. The first-order chi connectivity index (χ1) is 10.3. The van der Waals surface area contributed by atoms with Gasteiger partial charge < -0.3 is 16.4 Å². The fourth-order valence-electron chi connectivity index (χ4n) is 1.99. The van der Waals surface area contributed by atoms with Crippen LogP contribution in [0.5, 0.6) is 0 Å². The average molecular weight is 282 g/mol. The van der Waals surface area contributed by atoms with Gasteiger partial charge in [0.25, 0.3) is 0 Å². The molecule has 0 saturated carbocycles. The number of nitrogens with zero attached hydrogens (tertiary/aromatic N) is 1. The Balaban J connectivity index is 1.77. The lowest BCUT2D eigenvalue weighted by atomic mass is 10.2. The van der Waals surface area contributed by atoms with Gasteiger partial charge in [-0.25, -0.2) is 0 Å². The van der Waals surface area contributed by atoms with Gasteiger partial charge in [-0.2, -0.15) is 0 Å². The van der Waals surface area contributed by atoms with Gasteiger partial charge in [-0.05, 0) is 43.3 Å². The van der Waals surface area contributed by atoms with E-state index < -0.39 is 0 Å². The van der Waals surface area contributed by atoms with Crippen LogP contribution in [0, 0.1) is 0 Å². The van der Waals surface area contributed by atoms with Crippen molar-refractivity contribution in [1.82, 2.24) is 0 Å². The molecule has 0 saturated heterocycles. The van der Waals surface area contributed by atoms with Gasteiger partial charge in [0.2, 0.25) is 0 Å². The molecule has 0 unspecified atom stereocenters. The van der Waals surface area contributed by atoms with Crippen LogP contribution in [-0.2, 0) is 0 Å². The molecule has 0 aromatic heterocycles. The highest BCUT2D eigenvalue weighted by Crippen LogP contribution is 2.09. The second-order valence-corrected chi connectivity index (χ2v) is 4.66. The Bertz CT molecular complexity index is 561. The van der Waals surface area contributed by atoms with Crippen molar-refractivity contribution in [2.45, 2.75) is 6.92 Å². The molecule has 0 aliphatic heterocycles. The molecule has 110 valence electrons. The molecule has 0 fully saturated rings. The summed E-state index contributed by atoms with van der Waals surface area (Å²) in [4.78, 5) is 4.20. The van der Waals surface area contributed by atoms with Crippen LogP contribution in [0.3, 0.4) is 0 Å². The first-order valence-corrected chi connectivity index (χ1v) is 7.22. The second-order valence-electron chi connectivity index (χ2n) is 4.66. The fraction of sp³-hybridized carbons (Fsp3) is 0.235. The average Bonchev–Trinajstić information content (AvgIpc) is 2.53. The zero-order valence-electron chi connectivity index (χ0n) is 12.3. The maximum Gasteiger partial charge on any atom is 0.125 e. The van der Waals surface area contributed by atoms with Gasteiger partial charge in [-0.15, -0.1) is 0 Å². The lowest BCUT2D eigenvalue weighted by molar-refractivity contribution is 1.08. The van der Waals surface area contributed by atoms with Gasteiger partial charge in [-0.1, -0.05) is 18.2 Å². The molecule has 0 atom stereocenters. The number of nitrogens with two attached hydrogens (primary N) is 1. The van der Waals surface area contributed by atoms with Crippen LogP contribution in [0.4, 0.5) is 11.4 Å². The Morgan fingerprint density at radius 2 is 1.48 bits per heavy atom. The van der Waals surface area contributed by atoms with Crippen molar-refractivity contribution in [3.8, 4) is 0 Å². The van der Waals surface area contributed by atoms with Crippen LogP contribution in [0.1, 0.15) is 12.5 Å². The molecule has 0 radical (unpaired) electrons. The van der Waals surface area contributed by atoms with E-state index >= 15 is 0 Å². The molecule has 2 aromatic carbocycles. The van der Waals surface area contributed by atoms with Crippen molar-refractivity contribution in [3.05, 3.63) is 60.2 Å². The number of aliphatic imine (C=N–C) groups is 1. The van der Waals surface area contributed by atoms with Crippen LogP contribution in [0.2, 0.25) is 0 Å². The van der Waals surface area contributed by atoms with Crippen LogP contribution in [0.25, 0.3) is 0 Å². The van der Waals surface area contributed by atoms with Crippen LogP contribution in [-0.4, -0.2) is 25.5 Å². The summed E-state index contributed by atoms with van der Waals surface area (Å²) < 4.78 is 0. The third-order valence-electron chi connectivity index (χ3n) is 3.07. The molecule has 0 amide bonds. The summed E-state index contributed by atoms with van der Waals surface area (Å²) in [5.41, 5.74) is 9.04. The lowest BCUT2D eigenvalue weighted by Crippen LogP contribution is -2.15. The Morgan fingerprint density at radius 1 is 0.905 bits per heavy atom. The quantitative estimate of drug-likeness (QED) is 0.416. The monoisotopic (exact) mass is 282 g/mol. The number of hydrogen-bond donors (Lipinski definition) is 3. The molecule has 4 nitrogen and oxygen atoms in total. The highest BCUT2D eigenvalue weighted by atomic mass is 14.9. The number of anilines is 2. The van der Waals surface area contributed by atoms with Crippen molar-refractivity contribution in [2.75, 3.05) is 30.3 Å². The summed E-state index contributed by atoms with van der Waals surface area (Å²) in [5, 5.41) is 6.73. The van der Waals surface area contributed by atoms with Gasteiger partial charge in [0.15, 0.2) is 0 Å². The second kappa shape index (κ2) is 7.94. The predicted octanol–water partition coefficient (Wildman–Crippen LogP) is 2.94. The Morgan fingerprint density at radius 3 is 2.05 bits per heavy atom. The maximum absolute atomic E-state index is 5.86. The zero-order valence-corrected chi connectivity index (χ0v) is 12.3. The van der Waals surface area contributed by atoms with E-state index in [2.05, 4.69) is 27.8 Å². The van der Waals surface area contributed by atoms with Crippen LogP contribution >= 0.6 is 0 Å².